The van der Waals surface area contributed by atoms with Gasteiger partial charge < -0.3 is 9.64 Å². The second-order valence-electron chi connectivity index (χ2n) is 7.46. The van der Waals surface area contributed by atoms with E-state index in [0.29, 0.717) is 41.8 Å². The van der Waals surface area contributed by atoms with Crippen LogP contribution in [0.5, 0.6) is 11.5 Å². The number of alkyl halides is 3. The molecule has 3 aromatic rings. The van der Waals surface area contributed by atoms with Crippen molar-refractivity contribution in [2.75, 3.05) is 18.0 Å². The highest BCUT2D eigenvalue weighted by Crippen LogP contribution is 2.31. The number of hydrogen-bond donors (Lipinski definition) is 1. The Bertz CT molecular complexity index is 1220. The lowest BCUT2D eigenvalue weighted by Gasteiger charge is -2.18. The molecule has 1 aromatic heterocycles. The predicted molar refractivity (Wildman–Crippen MR) is 118 cm³/mol. The van der Waals surface area contributed by atoms with Crippen molar-refractivity contribution in [3.63, 3.8) is 0 Å². The van der Waals surface area contributed by atoms with Crippen LogP contribution in [0.1, 0.15) is 12.0 Å². The minimum absolute atomic E-state index is 0.0695. The molecule has 4 rings (SSSR count). The minimum Gasteiger partial charge on any atom is -0.456 e. The quantitative estimate of drug-likeness (QED) is 0.513. The second-order valence-corrected chi connectivity index (χ2v) is 9.58. The maximum atomic E-state index is 12.8. The van der Waals surface area contributed by atoms with Crippen molar-refractivity contribution >= 4 is 27.4 Å². The van der Waals surface area contributed by atoms with Crippen LogP contribution in [0.25, 0.3) is 0 Å². The topological polar surface area (TPSA) is 71.5 Å². The monoisotopic (exact) mass is 497 g/mol. The normalized spacial score (nSPS) is 16.7. The number of pyridine rings is 1. The van der Waals surface area contributed by atoms with Crippen molar-refractivity contribution in [1.82, 2.24) is 9.71 Å². The van der Waals surface area contributed by atoms with E-state index in [1.165, 1.54) is 30.3 Å². The molecule has 1 N–H and O–H groups in total. The first kappa shape index (κ1) is 23.3. The summed E-state index contributed by atoms with van der Waals surface area (Å²) in [6, 6.07) is 14.7. The molecule has 33 heavy (non-hydrogen) atoms. The Kier molecular flexibility index (Phi) is 6.51. The maximum absolute atomic E-state index is 12.8. The van der Waals surface area contributed by atoms with Crippen LogP contribution in [0.3, 0.4) is 0 Å². The van der Waals surface area contributed by atoms with Gasteiger partial charge in [0.2, 0.25) is 10.0 Å². The van der Waals surface area contributed by atoms with Crippen molar-refractivity contribution in [3.05, 3.63) is 77.4 Å². The molecule has 0 aliphatic carbocycles. The Hall–Kier alpha value is -2.82. The van der Waals surface area contributed by atoms with Gasteiger partial charge in [-0.15, -0.1) is 0 Å². The Morgan fingerprint density at radius 3 is 2.42 bits per heavy atom. The standard InChI is InChI=1S/C22H19ClF3N3O3S/c23-19-3-1-2-4-20(19)32-17-6-8-18(9-7-17)33(30,31)28-16-11-12-29(14-16)21-10-5-15(13-27-21)22(24,25)26/h1-10,13,16,28H,11-12,14H2. The van der Waals surface area contributed by atoms with Gasteiger partial charge in [0, 0.05) is 25.3 Å². The van der Waals surface area contributed by atoms with Gasteiger partial charge in [0.25, 0.3) is 0 Å². The maximum Gasteiger partial charge on any atom is 0.417 e. The molecular weight excluding hydrogens is 479 g/mol. The number of sulfonamides is 1. The molecule has 1 saturated heterocycles. The number of rotatable bonds is 6. The van der Waals surface area contributed by atoms with Crippen LogP contribution in [0.4, 0.5) is 19.0 Å². The second kappa shape index (κ2) is 9.20. The molecule has 1 atom stereocenters. The zero-order valence-electron chi connectivity index (χ0n) is 17.1. The molecule has 1 unspecified atom stereocenters. The van der Waals surface area contributed by atoms with E-state index in [0.717, 1.165) is 12.3 Å². The Labute approximate surface area is 194 Å². The largest absolute Gasteiger partial charge is 0.456 e. The molecule has 0 radical (unpaired) electrons. The number of nitrogens with one attached hydrogen (secondary N) is 1. The van der Waals surface area contributed by atoms with Gasteiger partial charge in [0.05, 0.1) is 15.5 Å². The van der Waals surface area contributed by atoms with Crippen LogP contribution in [0.15, 0.2) is 71.8 Å². The molecular formula is C22H19ClF3N3O3S. The number of benzene rings is 2. The summed E-state index contributed by atoms with van der Waals surface area (Å²) in [5, 5.41) is 0.434. The summed E-state index contributed by atoms with van der Waals surface area (Å²) in [5.41, 5.74) is -0.829. The van der Waals surface area contributed by atoms with Gasteiger partial charge in [-0.2, -0.15) is 13.2 Å². The molecule has 2 aromatic carbocycles. The number of anilines is 1. The van der Waals surface area contributed by atoms with Gasteiger partial charge in [-0.1, -0.05) is 23.7 Å². The zero-order chi connectivity index (χ0) is 23.6. The van der Waals surface area contributed by atoms with Crippen molar-refractivity contribution in [3.8, 4) is 11.5 Å². The summed E-state index contributed by atoms with van der Waals surface area (Å²) >= 11 is 6.07. The third-order valence-electron chi connectivity index (χ3n) is 5.11. The lowest BCUT2D eigenvalue weighted by Crippen LogP contribution is -2.37. The summed E-state index contributed by atoms with van der Waals surface area (Å²) in [6.07, 6.45) is -3.18. The van der Waals surface area contributed by atoms with E-state index in [4.69, 9.17) is 16.3 Å². The average Bonchev–Trinajstić information content (AvgIpc) is 3.23. The average molecular weight is 498 g/mol. The van der Waals surface area contributed by atoms with Crippen LogP contribution < -0.4 is 14.4 Å². The number of halogens is 4. The Morgan fingerprint density at radius 2 is 1.79 bits per heavy atom. The molecule has 0 spiro atoms. The van der Waals surface area contributed by atoms with Crippen LogP contribution in [-0.2, 0) is 16.2 Å². The van der Waals surface area contributed by atoms with Gasteiger partial charge in [0.1, 0.15) is 17.3 Å². The molecule has 0 bridgehead atoms. The summed E-state index contributed by atoms with van der Waals surface area (Å²) in [6.45, 7) is 0.765. The fourth-order valence-corrected chi connectivity index (χ4v) is 4.87. The first-order valence-electron chi connectivity index (χ1n) is 9.95. The molecule has 2 heterocycles. The van der Waals surface area contributed by atoms with E-state index in [9.17, 15) is 21.6 Å². The molecule has 1 aliphatic heterocycles. The van der Waals surface area contributed by atoms with Gasteiger partial charge in [0.15, 0.2) is 0 Å². The van der Waals surface area contributed by atoms with Gasteiger partial charge in [-0.3, -0.25) is 0 Å². The molecule has 11 heteroatoms. The molecule has 1 fully saturated rings. The highest BCUT2D eigenvalue weighted by Gasteiger charge is 2.32. The Balaban J connectivity index is 1.38. The number of para-hydroxylation sites is 1. The molecule has 6 nitrogen and oxygen atoms in total. The zero-order valence-corrected chi connectivity index (χ0v) is 18.7. The number of aromatic nitrogens is 1. The molecule has 0 amide bonds. The summed E-state index contributed by atoms with van der Waals surface area (Å²) in [7, 11) is -3.80. The van der Waals surface area contributed by atoms with Crippen molar-refractivity contribution in [1.29, 1.82) is 0 Å². The van der Waals surface area contributed by atoms with Crippen LogP contribution >= 0.6 is 11.6 Å². The van der Waals surface area contributed by atoms with Crippen molar-refractivity contribution in [2.24, 2.45) is 0 Å². The van der Waals surface area contributed by atoms with E-state index in [1.54, 1.807) is 29.2 Å². The summed E-state index contributed by atoms with van der Waals surface area (Å²) in [5.74, 6) is 1.25. The van der Waals surface area contributed by atoms with Gasteiger partial charge >= 0.3 is 6.18 Å². The van der Waals surface area contributed by atoms with Crippen LogP contribution in [0.2, 0.25) is 5.02 Å². The number of ether oxygens (including phenoxy) is 1. The minimum atomic E-state index is -4.46. The molecule has 1 aliphatic rings. The van der Waals surface area contributed by atoms with Gasteiger partial charge in [-0.25, -0.2) is 18.1 Å². The van der Waals surface area contributed by atoms with E-state index >= 15 is 0 Å². The fraction of sp³-hybridized carbons (Fsp3) is 0.227. The third kappa shape index (κ3) is 5.58. The lowest BCUT2D eigenvalue weighted by molar-refractivity contribution is -0.137. The van der Waals surface area contributed by atoms with Gasteiger partial charge in [-0.05, 0) is 55.0 Å². The first-order chi connectivity index (χ1) is 15.6. The van der Waals surface area contributed by atoms with Crippen molar-refractivity contribution in [2.45, 2.75) is 23.5 Å². The van der Waals surface area contributed by atoms with E-state index in [-0.39, 0.29) is 4.90 Å². The summed E-state index contributed by atoms with van der Waals surface area (Å²) in [4.78, 5) is 5.69. The molecule has 0 saturated carbocycles. The van der Waals surface area contributed by atoms with Crippen LogP contribution in [0, 0.1) is 0 Å². The summed E-state index contributed by atoms with van der Waals surface area (Å²) < 4.78 is 72.0. The molecule has 174 valence electrons. The van der Waals surface area contributed by atoms with E-state index < -0.39 is 27.8 Å². The predicted octanol–water partition coefficient (Wildman–Crippen LogP) is 5.10. The highest BCUT2D eigenvalue weighted by atomic mass is 35.5. The SMILES string of the molecule is O=S(=O)(NC1CCN(c2ccc(C(F)(F)F)cn2)C1)c1ccc(Oc2ccccc2Cl)cc1. The van der Waals surface area contributed by atoms with E-state index in [1.807, 2.05) is 0 Å². The lowest BCUT2D eigenvalue weighted by atomic mass is 10.3. The Morgan fingerprint density at radius 1 is 1.06 bits per heavy atom. The van der Waals surface area contributed by atoms with Crippen LogP contribution in [-0.4, -0.2) is 32.5 Å². The first-order valence-corrected chi connectivity index (χ1v) is 11.8. The highest BCUT2D eigenvalue weighted by molar-refractivity contribution is 7.89. The smallest absolute Gasteiger partial charge is 0.417 e. The number of hydrogen-bond acceptors (Lipinski definition) is 5. The third-order valence-corrected chi connectivity index (χ3v) is 6.96. The van der Waals surface area contributed by atoms with E-state index in [2.05, 4.69) is 9.71 Å². The van der Waals surface area contributed by atoms with Crippen molar-refractivity contribution < 1.29 is 26.3 Å². The fourth-order valence-electron chi connectivity index (χ4n) is 3.43. The number of nitrogens with zero attached hydrogens (tertiary/aromatic N) is 2.